The molecule has 0 radical (unpaired) electrons. The minimum atomic E-state index is -0.915. The molecule has 0 N–H and O–H groups in total. The van der Waals surface area contributed by atoms with Crippen molar-refractivity contribution in [1.29, 1.82) is 0 Å². The van der Waals surface area contributed by atoms with Gasteiger partial charge >= 0.3 is 0 Å². The Balaban J connectivity index is 0.00000306. The van der Waals surface area contributed by atoms with E-state index < -0.39 is 11.6 Å². The SMILES string of the molecule is C.CC1CCC(COc2ccc(OCC3CCC(C4CCC(C)CC4)CC3)c(F)c2F)CC1.[HH].[HH].[HH]. The number of ether oxygens (including phenoxy) is 2. The summed E-state index contributed by atoms with van der Waals surface area (Å²) >= 11 is 0. The fraction of sp³-hybridized carbons (Fsp3) is 0.793. The van der Waals surface area contributed by atoms with Gasteiger partial charge in [-0.05, 0) is 99.0 Å². The highest BCUT2D eigenvalue weighted by Crippen LogP contribution is 2.41. The maximum atomic E-state index is 14.6. The second kappa shape index (κ2) is 12.4. The highest BCUT2D eigenvalue weighted by atomic mass is 19.2. The van der Waals surface area contributed by atoms with Gasteiger partial charge in [0.15, 0.2) is 11.5 Å². The van der Waals surface area contributed by atoms with Gasteiger partial charge in [0.05, 0.1) is 13.2 Å². The lowest BCUT2D eigenvalue weighted by molar-refractivity contribution is 0.124. The zero-order valence-corrected chi connectivity index (χ0v) is 20.1. The van der Waals surface area contributed by atoms with Gasteiger partial charge in [0.1, 0.15) is 0 Å². The molecule has 4 rings (SSSR count). The van der Waals surface area contributed by atoms with Crippen molar-refractivity contribution in [3.63, 3.8) is 0 Å². The van der Waals surface area contributed by atoms with E-state index in [1.807, 2.05) is 0 Å². The van der Waals surface area contributed by atoms with Crippen LogP contribution in [0.1, 0.15) is 103 Å². The van der Waals surface area contributed by atoms with Gasteiger partial charge in [-0.15, -0.1) is 0 Å². The minimum absolute atomic E-state index is 0. The van der Waals surface area contributed by atoms with Gasteiger partial charge in [0, 0.05) is 4.28 Å². The molecule has 2 nitrogen and oxygen atoms in total. The normalized spacial score (nSPS) is 32.6. The lowest BCUT2D eigenvalue weighted by Crippen LogP contribution is -2.27. The molecule has 0 unspecified atom stereocenters. The Morgan fingerprint density at radius 2 is 0.970 bits per heavy atom. The van der Waals surface area contributed by atoms with Gasteiger partial charge in [-0.2, -0.15) is 8.78 Å². The fourth-order valence-corrected chi connectivity index (χ4v) is 6.23. The third-order valence-electron chi connectivity index (χ3n) is 8.71. The molecule has 0 heterocycles. The first-order valence-electron chi connectivity index (χ1n) is 13.2. The second-order valence-corrected chi connectivity index (χ2v) is 11.2. The van der Waals surface area contributed by atoms with Crippen molar-refractivity contribution in [2.45, 2.75) is 98.3 Å². The molecule has 3 saturated carbocycles. The van der Waals surface area contributed by atoms with E-state index in [9.17, 15) is 8.78 Å². The number of hydrogen-bond acceptors (Lipinski definition) is 2. The summed E-state index contributed by atoms with van der Waals surface area (Å²) < 4.78 is 40.5. The third-order valence-corrected chi connectivity index (χ3v) is 8.71. The van der Waals surface area contributed by atoms with Crippen LogP contribution < -0.4 is 9.47 Å². The number of halogens is 2. The summed E-state index contributed by atoms with van der Waals surface area (Å²) in [7, 11) is 0. The molecule has 1 aromatic rings. The van der Waals surface area contributed by atoms with E-state index >= 15 is 0 Å². The van der Waals surface area contributed by atoms with Gasteiger partial charge in [-0.25, -0.2) is 0 Å². The first-order chi connectivity index (χ1) is 15.5. The maximum absolute atomic E-state index is 14.6. The molecule has 4 heteroatoms. The van der Waals surface area contributed by atoms with Crippen molar-refractivity contribution >= 4 is 0 Å². The zero-order chi connectivity index (χ0) is 22.5. The van der Waals surface area contributed by atoms with Crippen molar-refractivity contribution in [3.8, 4) is 11.5 Å². The Bertz CT molecular complexity index is 727. The predicted molar refractivity (Wildman–Crippen MR) is 138 cm³/mol. The Morgan fingerprint density at radius 1 is 0.636 bits per heavy atom. The topological polar surface area (TPSA) is 18.5 Å². The molecule has 0 saturated heterocycles. The van der Waals surface area contributed by atoms with Crippen LogP contribution in [-0.4, -0.2) is 13.2 Å². The van der Waals surface area contributed by atoms with Crippen molar-refractivity contribution in [2.75, 3.05) is 13.2 Å². The highest BCUT2D eigenvalue weighted by molar-refractivity contribution is 5.35. The van der Waals surface area contributed by atoms with Gasteiger partial charge in [-0.3, -0.25) is 0 Å². The van der Waals surface area contributed by atoms with Gasteiger partial charge in [0.2, 0.25) is 11.6 Å². The number of benzene rings is 1. The van der Waals surface area contributed by atoms with Gasteiger partial charge in [-0.1, -0.05) is 47.0 Å². The Morgan fingerprint density at radius 3 is 1.39 bits per heavy atom. The monoisotopic (exact) mass is 470 g/mol. The molecular formula is C29H52F2O2. The van der Waals surface area contributed by atoms with E-state index in [4.69, 9.17) is 9.47 Å². The molecule has 194 valence electrons. The maximum Gasteiger partial charge on any atom is 0.204 e. The largest absolute Gasteiger partial charge is 0.490 e. The molecule has 33 heavy (non-hydrogen) atoms. The lowest BCUT2D eigenvalue weighted by atomic mass is 9.69. The zero-order valence-electron chi connectivity index (χ0n) is 20.1. The molecule has 3 aliphatic rings. The summed E-state index contributed by atoms with van der Waals surface area (Å²) in [5.41, 5.74) is 0. The van der Waals surface area contributed by atoms with E-state index in [-0.39, 0.29) is 23.2 Å². The van der Waals surface area contributed by atoms with Crippen LogP contribution >= 0.6 is 0 Å². The molecule has 0 amide bonds. The predicted octanol–water partition coefficient (Wildman–Crippen LogP) is 9.56. The lowest BCUT2D eigenvalue weighted by Gasteiger charge is -2.37. The van der Waals surface area contributed by atoms with Crippen LogP contribution in [0.2, 0.25) is 0 Å². The summed E-state index contributed by atoms with van der Waals surface area (Å²) in [6.07, 6.45) is 15.0. The molecule has 0 spiro atoms. The second-order valence-electron chi connectivity index (χ2n) is 11.2. The van der Waals surface area contributed by atoms with Gasteiger partial charge in [0.25, 0.3) is 0 Å². The van der Waals surface area contributed by atoms with E-state index in [0.717, 1.165) is 49.4 Å². The average Bonchev–Trinajstić information content (AvgIpc) is 2.81. The van der Waals surface area contributed by atoms with Crippen molar-refractivity contribution < 1.29 is 22.5 Å². The van der Waals surface area contributed by atoms with Crippen LogP contribution in [0, 0.1) is 47.1 Å². The third kappa shape index (κ3) is 7.09. The van der Waals surface area contributed by atoms with E-state index in [1.165, 1.54) is 63.5 Å². The van der Waals surface area contributed by atoms with Crippen molar-refractivity contribution in [1.82, 2.24) is 0 Å². The van der Waals surface area contributed by atoms with Crippen molar-refractivity contribution in [3.05, 3.63) is 23.8 Å². The Hall–Kier alpha value is -1.32. The molecule has 0 bridgehead atoms. The van der Waals surface area contributed by atoms with E-state index in [1.54, 1.807) is 0 Å². The Labute approximate surface area is 205 Å². The standard InChI is InChI=1S/C28H42F2O2.CH4.3H2/c1-19-3-7-21(8-4-19)17-31-25-15-16-26(28(30)27(25)29)32-18-22-9-13-24(14-10-22)23-11-5-20(2)6-12-23;;;;/h15-16,19-24H,3-14,17-18H2,1-2H3;1H4;3*1H. The Kier molecular flexibility index (Phi) is 9.88. The highest BCUT2D eigenvalue weighted by Gasteiger charge is 2.30. The van der Waals surface area contributed by atoms with E-state index in [0.29, 0.717) is 25.0 Å². The first kappa shape index (κ1) is 26.3. The van der Waals surface area contributed by atoms with Gasteiger partial charge < -0.3 is 9.47 Å². The quantitative estimate of drug-likeness (QED) is 0.395. The van der Waals surface area contributed by atoms with Crippen LogP contribution in [0.3, 0.4) is 0 Å². The smallest absolute Gasteiger partial charge is 0.204 e. The number of hydrogen-bond donors (Lipinski definition) is 0. The fourth-order valence-electron chi connectivity index (χ4n) is 6.23. The molecule has 0 aromatic heterocycles. The summed E-state index contributed by atoms with van der Waals surface area (Å²) in [5, 5.41) is 0. The summed E-state index contributed by atoms with van der Waals surface area (Å²) in [4.78, 5) is 0. The van der Waals surface area contributed by atoms with Crippen LogP contribution in [0.4, 0.5) is 8.78 Å². The van der Waals surface area contributed by atoms with Crippen LogP contribution in [-0.2, 0) is 0 Å². The molecule has 0 aliphatic heterocycles. The summed E-state index contributed by atoms with van der Waals surface area (Å²) in [6.45, 7) is 5.59. The van der Waals surface area contributed by atoms with Crippen LogP contribution in [0.15, 0.2) is 12.1 Å². The molecule has 3 fully saturated rings. The minimum Gasteiger partial charge on any atom is -0.490 e. The summed E-state index contributed by atoms with van der Waals surface area (Å²) in [6, 6.07) is 3.06. The molecule has 0 atom stereocenters. The van der Waals surface area contributed by atoms with Crippen LogP contribution in [0.25, 0.3) is 0 Å². The number of rotatable bonds is 7. The average molecular weight is 471 g/mol. The first-order valence-corrected chi connectivity index (χ1v) is 13.2. The molecule has 1 aromatic carbocycles. The molecule has 3 aliphatic carbocycles. The molecular weight excluding hydrogens is 418 g/mol. The van der Waals surface area contributed by atoms with Crippen LogP contribution in [0.5, 0.6) is 11.5 Å². The summed E-state index contributed by atoms with van der Waals surface area (Å²) in [5.74, 6) is 2.52. The van der Waals surface area contributed by atoms with E-state index in [2.05, 4.69) is 13.8 Å². The van der Waals surface area contributed by atoms with Crippen molar-refractivity contribution in [2.24, 2.45) is 35.5 Å².